The lowest BCUT2D eigenvalue weighted by molar-refractivity contribution is -0.120. The standard InChI is InChI=1S/C16H16N2O3/c19-16(10-13-3-6-17-7-4-13)18-8-5-12-1-2-14-15(9-12)21-11-20-14/h1-4,6-7,9H,5,8,10-11H2,(H,18,19). The minimum absolute atomic E-state index is 0.0157. The van der Waals surface area contributed by atoms with Crippen LogP contribution < -0.4 is 14.8 Å². The predicted octanol–water partition coefficient (Wildman–Crippen LogP) is 1.71. The second-order valence-electron chi connectivity index (χ2n) is 4.82. The van der Waals surface area contributed by atoms with Gasteiger partial charge in [0.1, 0.15) is 0 Å². The molecule has 0 atom stereocenters. The fourth-order valence-electron chi connectivity index (χ4n) is 2.19. The molecule has 2 aromatic rings. The number of carbonyl (C=O) groups excluding carboxylic acids is 1. The zero-order valence-electron chi connectivity index (χ0n) is 11.5. The van der Waals surface area contributed by atoms with Gasteiger partial charge < -0.3 is 14.8 Å². The van der Waals surface area contributed by atoms with Gasteiger partial charge in [-0.15, -0.1) is 0 Å². The first-order chi connectivity index (χ1) is 10.3. The van der Waals surface area contributed by atoms with E-state index in [-0.39, 0.29) is 12.7 Å². The Kier molecular flexibility index (Phi) is 4.00. The first-order valence-corrected chi connectivity index (χ1v) is 6.85. The number of nitrogens with one attached hydrogen (secondary N) is 1. The van der Waals surface area contributed by atoms with Gasteiger partial charge in [-0.25, -0.2) is 0 Å². The van der Waals surface area contributed by atoms with Gasteiger partial charge in [0.2, 0.25) is 12.7 Å². The zero-order chi connectivity index (χ0) is 14.5. The van der Waals surface area contributed by atoms with E-state index in [2.05, 4.69) is 10.3 Å². The van der Waals surface area contributed by atoms with E-state index in [4.69, 9.17) is 9.47 Å². The fourth-order valence-corrected chi connectivity index (χ4v) is 2.19. The number of amides is 1. The minimum Gasteiger partial charge on any atom is -0.454 e. The highest BCUT2D eigenvalue weighted by molar-refractivity contribution is 5.78. The Morgan fingerprint density at radius 1 is 1.10 bits per heavy atom. The van der Waals surface area contributed by atoms with Crippen LogP contribution >= 0.6 is 0 Å². The van der Waals surface area contributed by atoms with Crippen LogP contribution in [0, 0.1) is 0 Å². The summed E-state index contributed by atoms with van der Waals surface area (Å²) in [5, 5.41) is 2.92. The number of pyridine rings is 1. The maximum absolute atomic E-state index is 11.8. The van der Waals surface area contributed by atoms with Gasteiger partial charge in [0.15, 0.2) is 11.5 Å². The van der Waals surface area contributed by atoms with Crippen molar-refractivity contribution in [2.24, 2.45) is 0 Å². The first kappa shape index (κ1) is 13.4. The Bertz CT molecular complexity index is 629. The number of benzene rings is 1. The van der Waals surface area contributed by atoms with Crippen LogP contribution in [0.15, 0.2) is 42.7 Å². The highest BCUT2D eigenvalue weighted by Gasteiger charge is 2.13. The van der Waals surface area contributed by atoms with Crippen LogP contribution in [0.4, 0.5) is 0 Å². The third kappa shape index (κ3) is 3.51. The van der Waals surface area contributed by atoms with Crippen LogP contribution in [-0.4, -0.2) is 24.2 Å². The number of hydrogen-bond acceptors (Lipinski definition) is 4. The molecule has 0 saturated heterocycles. The van der Waals surface area contributed by atoms with Crippen LogP contribution in [0.3, 0.4) is 0 Å². The maximum Gasteiger partial charge on any atom is 0.231 e. The number of nitrogens with zero attached hydrogens (tertiary/aromatic N) is 1. The molecule has 5 nitrogen and oxygen atoms in total. The number of rotatable bonds is 5. The summed E-state index contributed by atoms with van der Waals surface area (Å²) in [6, 6.07) is 9.53. The quantitative estimate of drug-likeness (QED) is 0.908. The van der Waals surface area contributed by atoms with E-state index in [1.165, 1.54) is 0 Å². The summed E-state index contributed by atoms with van der Waals surface area (Å²) < 4.78 is 10.6. The van der Waals surface area contributed by atoms with Gasteiger partial charge in [-0.05, 0) is 41.8 Å². The summed E-state index contributed by atoms with van der Waals surface area (Å²) in [6.07, 6.45) is 4.52. The van der Waals surface area contributed by atoms with Crippen molar-refractivity contribution in [2.45, 2.75) is 12.8 Å². The number of carbonyl (C=O) groups is 1. The zero-order valence-corrected chi connectivity index (χ0v) is 11.5. The third-order valence-corrected chi connectivity index (χ3v) is 3.29. The van der Waals surface area contributed by atoms with Gasteiger partial charge in [0.25, 0.3) is 0 Å². The molecule has 0 saturated carbocycles. The number of aromatic nitrogens is 1. The molecule has 1 aromatic carbocycles. The molecule has 0 spiro atoms. The van der Waals surface area contributed by atoms with Crippen molar-refractivity contribution in [3.8, 4) is 11.5 Å². The molecular weight excluding hydrogens is 268 g/mol. The van der Waals surface area contributed by atoms with Gasteiger partial charge in [-0.2, -0.15) is 0 Å². The topological polar surface area (TPSA) is 60.5 Å². The van der Waals surface area contributed by atoms with Crippen molar-refractivity contribution in [1.82, 2.24) is 10.3 Å². The first-order valence-electron chi connectivity index (χ1n) is 6.85. The van der Waals surface area contributed by atoms with Crippen LogP contribution in [0.2, 0.25) is 0 Å². The van der Waals surface area contributed by atoms with E-state index < -0.39 is 0 Å². The average molecular weight is 284 g/mol. The lowest BCUT2D eigenvalue weighted by Gasteiger charge is -2.06. The lowest BCUT2D eigenvalue weighted by atomic mass is 10.1. The molecule has 5 heteroatoms. The van der Waals surface area contributed by atoms with Crippen molar-refractivity contribution >= 4 is 5.91 Å². The largest absolute Gasteiger partial charge is 0.454 e. The molecule has 1 N–H and O–H groups in total. The molecule has 0 radical (unpaired) electrons. The second-order valence-corrected chi connectivity index (χ2v) is 4.82. The van der Waals surface area contributed by atoms with E-state index in [9.17, 15) is 4.79 Å². The van der Waals surface area contributed by atoms with Crippen LogP contribution in [0.25, 0.3) is 0 Å². The lowest BCUT2D eigenvalue weighted by Crippen LogP contribution is -2.27. The monoisotopic (exact) mass is 284 g/mol. The number of fused-ring (bicyclic) bond motifs is 1. The molecule has 2 heterocycles. The highest BCUT2D eigenvalue weighted by Crippen LogP contribution is 2.32. The second kappa shape index (κ2) is 6.26. The van der Waals surface area contributed by atoms with Crippen molar-refractivity contribution in [2.75, 3.05) is 13.3 Å². The molecule has 0 fully saturated rings. The average Bonchev–Trinajstić information content (AvgIpc) is 2.96. The van der Waals surface area contributed by atoms with Crippen LogP contribution in [0.1, 0.15) is 11.1 Å². The molecule has 0 bridgehead atoms. The SMILES string of the molecule is O=C(Cc1ccncc1)NCCc1ccc2c(c1)OCO2. The predicted molar refractivity (Wildman–Crippen MR) is 77.2 cm³/mol. The smallest absolute Gasteiger partial charge is 0.231 e. The molecule has 108 valence electrons. The summed E-state index contributed by atoms with van der Waals surface area (Å²) in [7, 11) is 0. The molecule has 1 amide bonds. The number of ether oxygens (including phenoxy) is 2. The van der Waals surface area contributed by atoms with Crippen molar-refractivity contribution in [3.63, 3.8) is 0 Å². The summed E-state index contributed by atoms with van der Waals surface area (Å²) in [5.41, 5.74) is 2.08. The van der Waals surface area contributed by atoms with E-state index in [0.29, 0.717) is 13.0 Å². The molecular formula is C16H16N2O3. The highest BCUT2D eigenvalue weighted by atomic mass is 16.7. The molecule has 0 aliphatic carbocycles. The van der Waals surface area contributed by atoms with Crippen LogP contribution in [-0.2, 0) is 17.6 Å². The molecule has 0 unspecified atom stereocenters. The Morgan fingerprint density at radius 2 is 1.90 bits per heavy atom. The summed E-state index contributed by atoms with van der Waals surface area (Å²) in [4.78, 5) is 15.7. The molecule has 1 aliphatic heterocycles. The van der Waals surface area contributed by atoms with Gasteiger partial charge in [-0.1, -0.05) is 6.07 Å². The van der Waals surface area contributed by atoms with Crippen molar-refractivity contribution < 1.29 is 14.3 Å². The molecule has 1 aliphatic rings. The number of hydrogen-bond donors (Lipinski definition) is 1. The van der Waals surface area contributed by atoms with Crippen LogP contribution in [0.5, 0.6) is 11.5 Å². The van der Waals surface area contributed by atoms with Gasteiger partial charge in [-0.3, -0.25) is 9.78 Å². The minimum atomic E-state index is 0.0157. The molecule has 1 aromatic heterocycles. The summed E-state index contributed by atoms with van der Waals surface area (Å²) in [5.74, 6) is 1.57. The van der Waals surface area contributed by atoms with Gasteiger partial charge >= 0.3 is 0 Å². The van der Waals surface area contributed by atoms with E-state index in [1.54, 1.807) is 12.4 Å². The summed E-state index contributed by atoms with van der Waals surface area (Å²) in [6.45, 7) is 0.880. The van der Waals surface area contributed by atoms with E-state index >= 15 is 0 Å². The fraction of sp³-hybridized carbons (Fsp3) is 0.250. The summed E-state index contributed by atoms with van der Waals surface area (Å²) >= 11 is 0. The maximum atomic E-state index is 11.8. The normalized spacial score (nSPS) is 12.2. The third-order valence-electron chi connectivity index (χ3n) is 3.29. The Labute approximate surface area is 122 Å². The van der Waals surface area contributed by atoms with Gasteiger partial charge in [0.05, 0.1) is 6.42 Å². The Morgan fingerprint density at radius 3 is 2.76 bits per heavy atom. The Hall–Kier alpha value is -2.56. The molecule has 21 heavy (non-hydrogen) atoms. The van der Waals surface area contributed by atoms with Crippen molar-refractivity contribution in [1.29, 1.82) is 0 Å². The van der Waals surface area contributed by atoms with Crippen molar-refractivity contribution in [3.05, 3.63) is 53.9 Å². The van der Waals surface area contributed by atoms with E-state index in [0.717, 1.165) is 29.0 Å². The van der Waals surface area contributed by atoms with E-state index in [1.807, 2.05) is 30.3 Å². The molecule has 3 rings (SSSR count). The van der Waals surface area contributed by atoms with Gasteiger partial charge in [0, 0.05) is 18.9 Å². The Balaban J connectivity index is 1.46.